The molecule has 0 aromatic heterocycles. The van der Waals surface area contributed by atoms with Gasteiger partial charge in [-0.2, -0.15) is 11.8 Å². The molecule has 2 fully saturated rings. The van der Waals surface area contributed by atoms with E-state index in [4.69, 9.17) is 0 Å². The number of thioether (sulfide) groups is 1. The van der Waals surface area contributed by atoms with Crippen molar-refractivity contribution in [2.75, 3.05) is 36.5 Å². The number of halogens is 1. The number of anilines is 1. The number of amides is 2. The maximum atomic E-state index is 12.3. The highest BCUT2D eigenvalue weighted by molar-refractivity contribution is 7.99. The van der Waals surface area contributed by atoms with Gasteiger partial charge in [0, 0.05) is 54.9 Å². The molecule has 2 aliphatic rings. The number of nitrogens with zero attached hydrogens (tertiary/aromatic N) is 1. The van der Waals surface area contributed by atoms with Crippen LogP contribution in [-0.2, 0) is 4.79 Å². The number of hydrogen-bond acceptors (Lipinski definition) is 4. The topological polar surface area (TPSA) is 61.4 Å². The van der Waals surface area contributed by atoms with Gasteiger partial charge in [-0.3, -0.25) is 9.59 Å². The number of benzene rings is 1. The Balaban J connectivity index is 0.00000208. The van der Waals surface area contributed by atoms with Gasteiger partial charge in [0.2, 0.25) is 5.91 Å². The summed E-state index contributed by atoms with van der Waals surface area (Å²) in [6.45, 7) is 2.67. The zero-order chi connectivity index (χ0) is 16.1. The Kier molecular flexibility index (Phi) is 7.40. The second-order valence-electron chi connectivity index (χ2n) is 6.05. The average Bonchev–Trinajstić information content (AvgIpc) is 3.10. The van der Waals surface area contributed by atoms with Crippen molar-refractivity contribution < 1.29 is 9.59 Å². The van der Waals surface area contributed by atoms with Gasteiger partial charge < -0.3 is 15.5 Å². The third-order valence-corrected chi connectivity index (χ3v) is 5.37. The number of nitrogens with one attached hydrogen (secondary N) is 2. The summed E-state index contributed by atoms with van der Waals surface area (Å²) in [6, 6.07) is 7.47. The first-order chi connectivity index (χ1) is 11.2. The molecule has 0 aliphatic carbocycles. The molecule has 1 atom stereocenters. The van der Waals surface area contributed by atoms with E-state index in [9.17, 15) is 9.59 Å². The van der Waals surface area contributed by atoms with Crippen LogP contribution in [0.1, 0.15) is 29.6 Å². The van der Waals surface area contributed by atoms with Crippen molar-refractivity contribution in [2.45, 2.75) is 25.3 Å². The van der Waals surface area contributed by atoms with Crippen molar-refractivity contribution in [1.82, 2.24) is 10.2 Å². The molecular formula is C17H24ClN3O2S. The SMILES string of the molecule is Cl.O=C(CC1CSCCN1)Nc1ccc(C(=O)N2CCCC2)cc1. The standard InChI is InChI=1S/C17H23N3O2S.ClH/c21-16(11-15-12-23-10-7-18-15)19-14-5-3-13(4-6-14)17(22)20-8-1-2-9-20;/h3-6,15,18H,1-2,7-12H2,(H,19,21);1H. The van der Waals surface area contributed by atoms with Crippen LogP contribution in [0.25, 0.3) is 0 Å². The summed E-state index contributed by atoms with van der Waals surface area (Å²) in [5.74, 6) is 2.20. The first-order valence-corrected chi connectivity index (χ1v) is 9.38. The molecule has 0 bridgehead atoms. The predicted molar refractivity (Wildman–Crippen MR) is 101 cm³/mol. The Labute approximate surface area is 153 Å². The molecule has 3 rings (SSSR count). The van der Waals surface area contributed by atoms with Crippen LogP contribution in [0.4, 0.5) is 5.69 Å². The van der Waals surface area contributed by atoms with Gasteiger partial charge in [0.05, 0.1) is 0 Å². The summed E-state index contributed by atoms with van der Waals surface area (Å²) in [4.78, 5) is 26.2. The van der Waals surface area contributed by atoms with Crippen LogP contribution >= 0.6 is 24.2 Å². The highest BCUT2D eigenvalue weighted by Gasteiger charge is 2.20. The zero-order valence-electron chi connectivity index (χ0n) is 13.6. The summed E-state index contributed by atoms with van der Waals surface area (Å²) >= 11 is 1.88. The molecule has 0 saturated carbocycles. The Hall–Kier alpha value is -1.24. The van der Waals surface area contributed by atoms with Crippen LogP contribution in [0.2, 0.25) is 0 Å². The van der Waals surface area contributed by atoms with Crippen LogP contribution in [-0.4, -0.2) is 53.9 Å². The van der Waals surface area contributed by atoms with Crippen molar-refractivity contribution in [3.63, 3.8) is 0 Å². The minimum absolute atomic E-state index is 0. The van der Waals surface area contributed by atoms with E-state index < -0.39 is 0 Å². The Bertz CT molecular complexity index is 555. The highest BCUT2D eigenvalue weighted by atomic mass is 35.5. The van der Waals surface area contributed by atoms with Gasteiger partial charge in [0.25, 0.3) is 5.91 Å². The van der Waals surface area contributed by atoms with E-state index in [-0.39, 0.29) is 30.3 Å². The van der Waals surface area contributed by atoms with Crippen LogP contribution in [0, 0.1) is 0 Å². The van der Waals surface area contributed by atoms with Crippen molar-refractivity contribution >= 4 is 41.7 Å². The molecule has 24 heavy (non-hydrogen) atoms. The minimum atomic E-state index is 0. The predicted octanol–water partition coefficient (Wildman–Crippen LogP) is 2.38. The van der Waals surface area contributed by atoms with Gasteiger partial charge in [-0.05, 0) is 37.1 Å². The second-order valence-corrected chi connectivity index (χ2v) is 7.20. The lowest BCUT2D eigenvalue weighted by atomic mass is 10.1. The summed E-state index contributed by atoms with van der Waals surface area (Å²) in [5, 5.41) is 6.27. The number of hydrogen-bond donors (Lipinski definition) is 2. The molecule has 7 heteroatoms. The van der Waals surface area contributed by atoms with E-state index in [1.807, 2.05) is 28.8 Å². The fourth-order valence-corrected chi connectivity index (χ4v) is 3.93. The summed E-state index contributed by atoms with van der Waals surface area (Å²) in [7, 11) is 0. The molecule has 1 aromatic carbocycles. The fraction of sp³-hybridized carbons (Fsp3) is 0.529. The molecule has 2 aliphatic heterocycles. The van der Waals surface area contributed by atoms with Crippen molar-refractivity contribution in [1.29, 1.82) is 0 Å². The van der Waals surface area contributed by atoms with Gasteiger partial charge in [0.15, 0.2) is 0 Å². The molecule has 1 aromatic rings. The fourth-order valence-electron chi connectivity index (χ4n) is 2.99. The van der Waals surface area contributed by atoms with Crippen LogP contribution in [0.3, 0.4) is 0 Å². The summed E-state index contributed by atoms with van der Waals surface area (Å²) in [5.41, 5.74) is 1.44. The molecule has 2 heterocycles. The first kappa shape index (κ1) is 19.1. The number of likely N-dealkylation sites (tertiary alicyclic amines) is 1. The normalized spacial score (nSPS) is 20.3. The Morgan fingerprint density at radius 1 is 1.21 bits per heavy atom. The molecule has 2 amide bonds. The lowest BCUT2D eigenvalue weighted by Crippen LogP contribution is -2.39. The first-order valence-electron chi connectivity index (χ1n) is 8.23. The van der Waals surface area contributed by atoms with Gasteiger partial charge in [-0.1, -0.05) is 0 Å². The molecule has 5 nitrogen and oxygen atoms in total. The summed E-state index contributed by atoms with van der Waals surface area (Å²) in [6.07, 6.45) is 2.67. The number of carbonyl (C=O) groups is 2. The monoisotopic (exact) mass is 369 g/mol. The van der Waals surface area contributed by atoms with E-state index >= 15 is 0 Å². The smallest absolute Gasteiger partial charge is 0.253 e. The maximum absolute atomic E-state index is 12.3. The van der Waals surface area contributed by atoms with Gasteiger partial charge in [-0.25, -0.2) is 0 Å². The quantitative estimate of drug-likeness (QED) is 0.855. The van der Waals surface area contributed by atoms with Crippen LogP contribution in [0.15, 0.2) is 24.3 Å². The number of rotatable bonds is 4. The Morgan fingerprint density at radius 2 is 1.92 bits per heavy atom. The third-order valence-electron chi connectivity index (χ3n) is 4.24. The van der Waals surface area contributed by atoms with E-state index in [1.54, 1.807) is 12.1 Å². The van der Waals surface area contributed by atoms with E-state index in [0.29, 0.717) is 12.0 Å². The second kappa shape index (κ2) is 9.30. The van der Waals surface area contributed by atoms with E-state index in [2.05, 4.69) is 10.6 Å². The molecule has 2 saturated heterocycles. The highest BCUT2D eigenvalue weighted by Crippen LogP contribution is 2.16. The van der Waals surface area contributed by atoms with Crippen molar-refractivity contribution in [2.24, 2.45) is 0 Å². The molecule has 132 valence electrons. The molecule has 2 N–H and O–H groups in total. The van der Waals surface area contributed by atoms with Crippen LogP contribution in [0.5, 0.6) is 0 Å². The lowest BCUT2D eigenvalue weighted by molar-refractivity contribution is -0.116. The molecule has 0 radical (unpaired) electrons. The van der Waals surface area contributed by atoms with Gasteiger partial charge >= 0.3 is 0 Å². The average molecular weight is 370 g/mol. The Morgan fingerprint density at radius 3 is 2.54 bits per heavy atom. The van der Waals surface area contributed by atoms with Crippen molar-refractivity contribution in [3.8, 4) is 0 Å². The largest absolute Gasteiger partial charge is 0.339 e. The molecule has 1 unspecified atom stereocenters. The minimum Gasteiger partial charge on any atom is -0.339 e. The zero-order valence-corrected chi connectivity index (χ0v) is 15.3. The van der Waals surface area contributed by atoms with Crippen molar-refractivity contribution in [3.05, 3.63) is 29.8 Å². The summed E-state index contributed by atoms with van der Waals surface area (Å²) < 4.78 is 0. The molecular weight excluding hydrogens is 346 g/mol. The molecule has 0 spiro atoms. The van der Waals surface area contributed by atoms with Gasteiger partial charge in [0.1, 0.15) is 0 Å². The number of carbonyl (C=O) groups excluding carboxylic acids is 2. The van der Waals surface area contributed by atoms with E-state index in [0.717, 1.165) is 49.7 Å². The van der Waals surface area contributed by atoms with E-state index in [1.165, 1.54) is 0 Å². The maximum Gasteiger partial charge on any atom is 0.253 e. The third kappa shape index (κ3) is 5.13. The lowest BCUT2D eigenvalue weighted by Gasteiger charge is -2.22. The van der Waals surface area contributed by atoms with Gasteiger partial charge in [-0.15, -0.1) is 12.4 Å². The van der Waals surface area contributed by atoms with Crippen LogP contribution < -0.4 is 10.6 Å².